The smallest absolute Gasteiger partial charge is 0.323 e. The van der Waals surface area contributed by atoms with Gasteiger partial charge in [0.25, 0.3) is 0 Å². The molecular formula is C19H19F3N2S. The topological polar surface area (TPSA) is 8.17 Å². The molecule has 0 spiro atoms. The Bertz CT molecular complexity index is 816. The van der Waals surface area contributed by atoms with Gasteiger partial charge in [-0.15, -0.1) is 0 Å². The first-order chi connectivity index (χ1) is 11.8. The third-order valence-corrected chi connectivity index (χ3v) is 4.66. The van der Waals surface area contributed by atoms with Crippen molar-refractivity contribution < 1.29 is 13.2 Å². The van der Waals surface area contributed by atoms with Crippen molar-refractivity contribution in [2.45, 2.75) is 16.8 Å². The SMILES string of the molecule is CN(C)CCC=C1c2cc(SC(F)(F)F)ccc2C=Cn2cccc21. The molecule has 0 radical (unpaired) electrons. The summed E-state index contributed by atoms with van der Waals surface area (Å²) < 4.78 is 40.3. The van der Waals surface area contributed by atoms with Gasteiger partial charge in [0.05, 0.1) is 5.69 Å². The Labute approximate surface area is 149 Å². The maximum atomic E-state index is 12.8. The van der Waals surface area contributed by atoms with Crippen LogP contribution in [0.2, 0.25) is 0 Å². The molecule has 0 saturated carbocycles. The number of fused-ring (bicyclic) bond motifs is 2. The average molecular weight is 364 g/mol. The van der Waals surface area contributed by atoms with E-state index >= 15 is 0 Å². The molecule has 1 aromatic carbocycles. The van der Waals surface area contributed by atoms with Crippen molar-refractivity contribution >= 4 is 29.6 Å². The number of benzene rings is 1. The van der Waals surface area contributed by atoms with E-state index in [4.69, 9.17) is 0 Å². The summed E-state index contributed by atoms with van der Waals surface area (Å²) in [5.74, 6) is 0. The van der Waals surface area contributed by atoms with Crippen LogP contribution in [0.25, 0.3) is 17.8 Å². The summed E-state index contributed by atoms with van der Waals surface area (Å²) in [5, 5.41) is 0. The number of nitrogens with zero attached hydrogens (tertiary/aromatic N) is 2. The first-order valence-electron chi connectivity index (χ1n) is 7.94. The molecule has 0 fully saturated rings. The van der Waals surface area contributed by atoms with Crippen LogP contribution in [-0.4, -0.2) is 35.6 Å². The van der Waals surface area contributed by atoms with Gasteiger partial charge in [-0.05, 0) is 73.7 Å². The van der Waals surface area contributed by atoms with Crippen molar-refractivity contribution in [1.82, 2.24) is 9.47 Å². The molecule has 0 aliphatic carbocycles. The largest absolute Gasteiger partial charge is 0.446 e. The van der Waals surface area contributed by atoms with Crippen molar-refractivity contribution in [3.8, 4) is 0 Å². The lowest BCUT2D eigenvalue weighted by molar-refractivity contribution is -0.0328. The first-order valence-corrected chi connectivity index (χ1v) is 8.75. The Kier molecular flexibility index (Phi) is 5.11. The van der Waals surface area contributed by atoms with Crippen molar-refractivity contribution in [2.24, 2.45) is 0 Å². The second-order valence-corrected chi connectivity index (χ2v) is 7.26. The molecule has 0 amide bonds. The fourth-order valence-electron chi connectivity index (χ4n) is 2.84. The molecular weight excluding hydrogens is 345 g/mol. The molecule has 25 heavy (non-hydrogen) atoms. The number of alkyl halides is 3. The van der Waals surface area contributed by atoms with Crippen molar-refractivity contribution in [2.75, 3.05) is 20.6 Å². The van der Waals surface area contributed by atoms with E-state index in [1.54, 1.807) is 12.1 Å². The zero-order valence-corrected chi connectivity index (χ0v) is 14.9. The van der Waals surface area contributed by atoms with Gasteiger partial charge in [0.15, 0.2) is 0 Å². The van der Waals surface area contributed by atoms with Crippen LogP contribution < -0.4 is 0 Å². The van der Waals surface area contributed by atoms with E-state index < -0.39 is 5.51 Å². The molecule has 2 heterocycles. The van der Waals surface area contributed by atoms with Crippen LogP contribution in [0.1, 0.15) is 23.2 Å². The fourth-order valence-corrected chi connectivity index (χ4v) is 3.42. The summed E-state index contributed by atoms with van der Waals surface area (Å²) in [6, 6.07) is 8.86. The van der Waals surface area contributed by atoms with Gasteiger partial charge in [-0.1, -0.05) is 12.1 Å². The average Bonchev–Trinajstić information content (AvgIpc) is 2.91. The van der Waals surface area contributed by atoms with Crippen LogP contribution in [0.4, 0.5) is 13.2 Å². The summed E-state index contributed by atoms with van der Waals surface area (Å²) in [6.45, 7) is 0.879. The van der Waals surface area contributed by atoms with Gasteiger partial charge in [0.1, 0.15) is 0 Å². The summed E-state index contributed by atoms with van der Waals surface area (Å²) in [7, 11) is 4.00. The Morgan fingerprint density at radius 3 is 2.72 bits per heavy atom. The second kappa shape index (κ2) is 7.14. The molecule has 0 N–H and O–H groups in total. The van der Waals surface area contributed by atoms with Crippen LogP contribution in [0.15, 0.2) is 47.5 Å². The molecule has 0 unspecified atom stereocenters. The fraction of sp³-hybridized carbons (Fsp3) is 0.263. The monoisotopic (exact) mass is 364 g/mol. The molecule has 0 atom stereocenters. The van der Waals surface area contributed by atoms with E-state index in [1.165, 1.54) is 6.07 Å². The number of thioether (sulfide) groups is 1. The quantitative estimate of drug-likeness (QED) is 0.571. The van der Waals surface area contributed by atoms with Crippen molar-refractivity contribution in [1.29, 1.82) is 0 Å². The number of halogens is 3. The zero-order chi connectivity index (χ0) is 18.0. The highest BCUT2D eigenvalue weighted by molar-refractivity contribution is 8.00. The Balaban J connectivity index is 2.05. The highest BCUT2D eigenvalue weighted by Gasteiger charge is 2.29. The van der Waals surface area contributed by atoms with Crippen LogP contribution in [-0.2, 0) is 0 Å². The van der Waals surface area contributed by atoms with Crippen LogP contribution >= 0.6 is 11.8 Å². The Morgan fingerprint density at radius 1 is 1.20 bits per heavy atom. The highest BCUT2D eigenvalue weighted by atomic mass is 32.2. The van der Waals surface area contributed by atoms with E-state index in [-0.39, 0.29) is 16.7 Å². The third kappa shape index (κ3) is 4.38. The van der Waals surface area contributed by atoms with E-state index in [0.29, 0.717) is 0 Å². The number of hydrogen-bond donors (Lipinski definition) is 0. The Hall–Kier alpha value is -1.92. The minimum absolute atomic E-state index is 0.0718. The van der Waals surface area contributed by atoms with Crippen molar-refractivity contribution in [3.63, 3.8) is 0 Å². The van der Waals surface area contributed by atoms with E-state index in [9.17, 15) is 13.2 Å². The van der Waals surface area contributed by atoms with Gasteiger partial charge < -0.3 is 9.47 Å². The van der Waals surface area contributed by atoms with Crippen LogP contribution in [0.3, 0.4) is 0 Å². The zero-order valence-electron chi connectivity index (χ0n) is 14.0. The molecule has 132 valence electrons. The van der Waals surface area contributed by atoms with Crippen LogP contribution in [0, 0.1) is 0 Å². The lowest BCUT2D eigenvalue weighted by Crippen LogP contribution is -2.12. The predicted octanol–water partition coefficient (Wildman–Crippen LogP) is 5.42. The molecule has 1 aliphatic rings. The van der Waals surface area contributed by atoms with Gasteiger partial charge in [-0.25, -0.2) is 0 Å². The molecule has 1 aliphatic heterocycles. The van der Waals surface area contributed by atoms with Gasteiger partial charge in [-0.3, -0.25) is 0 Å². The predicted molar refractivity (Wildman–Crippen MR) is 98.3 cm³/mol. The minimum atomic E-state index is -4.29. The van der Waals surface area contributed by atoms with Gasteiger partial charge in [0.2, 0.25) is 0 Å². The lowest BCUT2D eigenvalue weighted by atomic mass is 9.97. The molecule has 6 heteroatoms. The van der Waals surface area contributed by atoms with Crippen molar-refractivity contribution in [3.05, 3.63) is 59.4 Å². The standard InChI is InChI=1S/C19H19F3N2S/c1-23(2)10-3-5-16-17-13-15(25-19(20,21)22)8-7-14(17)9-12-24-11-4-6-18(16)24/h4-9,11-13H,3,10H2,1-2H3. The number of rotatable bonds is 4. The summed E-state index contributed by atoms with van der Waals surface area (Å²) in [5.41, 5.74) is -0.573. The molecule has 3 rings (SSSR count). The number of aromatic nitrogens is 1. The minimum Gasteiger partial charge on any atom is -0.323 e. The first kappa shape index (κ1) is 17.9. The highest BCUT2D eigenvalue weighted by Crippen LogP contribution is 2.40. The molecule has 2 aromatic rings. The van der Waals surface area contributed by atoms with Gasteiger partial charge in [0, 0.05) is 29.4 Å². The second-order valence-electron chi connectivity index (χ2n) is 6.12. The van der Waals surface area contributed by atoms with Crippen LogP contribution in [0.5, 0.6) is 0 Å². The van der Waals surface area contributed by atoms with Gasteiger partial charge in [-0.2, -0.15) is 13.2 Å². The summed E-state index contributed by atoms with van der Waals surface area (Å²) >= 11 is -0.0718. The molecule has 0 saturated heterocycles. The molecule has 2 nitrogen and oxygen atoms in total. The van der Waals surface area contributed by atoms with Gasteiger partial charge >= 0.3 is 5.51 Å². The maximum Gasteiger partial charge on any atom is 0.446 e. The van der Waals surface area contributed by atoms with E-state index in [0.717, 1.165) is 35.4 Å². The summed E-state index contributed by atoms with van der Waals surface area (Å²) in [6.07, 6.45) is 8.76. The van der Waals surface area contributed by atoms with E-state index in [2.05, 4.69) is 11.0 Å². The summed E-state index contributed by atoms with van der Waals surface area (Å²) in [4.78, 5) is 2.29. The normalized spacial score (nSPS) is 15.4. The van der Waals surface area contributed by atoms with E-state index in [1.807, 2.05) is 49.3 Å². The number of hydrogen-bond acceptors (Lipinski definition) is 2. The maximum absolute atomic E-state index is 12.8. The lowest BCUT2D eigenvalue weighted by Gasteiger charge is -2.14. The third-order valence-electron chi connectivity index (χ3n) is 3.94. The molecule has 1 aromatic heterocycles. The molecule has 0 bridgehead atoms. The Morgan fingerprint density at radius 2 is 2.00 bits per heavy atom.